The predicted octanol–water partition coefficient (Wildman–Crippen LogP) is 11.2. The summed E-state index contributed by atoms with van der Waals surface area (Å²) in [6.07, 6.45) is 18.0. The van der Waals surface area contributed by atoms with E-state index >= 15 is 0 Å². The smallest absolute Gasteiger partial charge is 0.311 e. The van der Waals surface area contributed by atoms with Gasteiger partial charge in [-0.25, -0.2) is 0 Å². The molecule has 0 rings (SSSR count). The summed E-state index contributed by atoms with van der Waals surface area (Å²) >= 11 is 1.56. The number of thioether (sulfide) groups is 1. The number of nitriles is 1. The molecular formula is C40H71NO8S. The van der Waals surface area contributed by atoms with Crippen molar-refractivity contribution in [2.75, 3.05) is 31.8 Å². The zero-order valence-electron chi connectivity index (χ0n) is 33.1. The Morgan fingerprint density at radius 2 is 1.38 bits per heavy atom. The van der Waals surface area contributed by atoms with Crippen molar-refractivity contribution in [1.29, 1.82) is 5.26 Å². The van der Waals surface area contributed by atoms with Crippen LogP contribution in [0.2, 0.25) is 0 Å². The van der Waals surface area contributed by atoms with Gasteiger partial charge >= 0.3 is 11.9 Å². The Hall–Kier alpha value is -2.64. The largest absolute Gasteiger partial charge is 0.465 e. The summed E-state index contributed by atoms with van der Waals surface area (Å²) in [5, 5.41) is 9.77. The third-order valence-corrected chi connectivity index (χ3v) is 8.88. The third-order valence-electron chi connectivity index (χ3n) is 8.27. The fourth-order valence-corrected chi connectivity index (χ4v) is 5.81. The highest BCUT2D eigenvalue weighted by Gasteiger charge is 2.43. The first-order valence-electron chi connectivity index (χ1n) is 18.4. The number of allylic oxidation sites excluding steroid dienone is 1. The van der Waals surface area contributed by atoms with Crippen LogP contribution in [0.4, 0.5) is 0 Å². The van der Waals surface area contributed by atoms with Crippen LogP contribution in [0.25, 0.3) is 0 Å². The van der Waals surface area contributed by atoms with Gasteiger partial charge in [0, 0.05) is 6.42 Å². The summed E-state index contributed by atoms with van der Waals surface area (Å²) in [6, 6.07) is 2.28. The van der Waals surface area contributed by atoms with E-state index < -0.39 is 16.8 Å². The van der Waals surface area contributed by atoms with Gasteiger partial charge in [0.15, 0.2) is 0 Å². The quantitative estimate of drug-likeness (QED) is 0.0233. The Balaban J connectivity index is 0. The maximum atomic E-state index is 12.9. The molecule has 0 aliphatic heterocycles. The molecule has 0 aliphatic rings. The number of carbonyl (C=O) groups is 2. The molecule has 0 fully saturated rings. The van der Waals surface area contributed by atoms with Crippen molar-refractivity contribution < 1.29 is 38.6 Å². The minimum Gasteiger partial charge on any atom is -0.465 e. The lowest BCUT2D eigenvalue weighted by Crippen LogP contribution is -2.37. The molecular weight excluding hydrogens is 655 g/mol. The summed E-state index contributed by atoms with van der Waals surface area (Å²) < 4.78 is 10.8. The molecule has 0 spiro atoms. The molecule has 0 heterocycles. The monoisotopic (exact) mass is 725 g/mol. The summed E-state index contributed by atoms with van der Waals surface area (Å²) in [7, 11) is 0. The van der Waals surface area contributed by atoms with E-state index in [0.717, 1.165) is 19.1 Å². The van der Waals surface area contributed by atoms with Crippen LogP contribution < -0.4 is 0 Å². The molecule has 0 bridgehead atoms. The standard InChI is InChI=1S/C22H35NO6S.C18H36O2/c1-9-26-28-18(4)13-21(6,16-23)15-22(7,12-17(2)3)20(24)25-10-11-27-29-19(5)14-30-8;1-5-7-8-9-10-11-12-13-14-15-16-20-17(19)18(3,4)6-2/h9,17H,1,4-5,10-15H2,2-3,6-8H3;5-16H2,1-4H3. The number of carbonyl (C=O) groups excluding carboxylic acids is 2. The number of nitrogens with zero attached hydrogens (tertiary/aromatic N) is 1. The van der Waals surface area contributed by atoms with Crippen LogP contribution in [0.15, 0.2) is 37.5 Å². The fraction of sp³-hybridized carbons (Fsp3) is 0.775. The van der Waals surface area contributed by atoms with E-state index in [0.29, 0.717) is 24.5 Å². The minimum atomic E-state index is -0.903. The molecule has 0 aliphatic carbocycles. The Bertz CT molecular complexity index is 1010. The van der Waals surface area contributed by atoms with E-state index in [2.05, 4.69) is 37.6 Å². The van der Waals surface area contributed by atoms with Gasteiger partial charge in [0.05, 0.1) is 34.7 Å². The average Bonchev–Trinajstić information content (AvgIpc) is 3.05. The van der Waals surface area contributed by atoms with Gasteiger partial charge < -0.3 is 14.4 Å². The van der Waals surface area contributed by atoms with Crippen LogP contribution in [-0.2, 0) is 38.6 Å². The second kappa shape index (κ2) is 29.0. The first-order valence-corrected chi connectivity index (χ1v) is 19.8. The zero-order chi connectivity index (χ0) is 38.5. The van der Waals surface area contributed by atoms with Gasteiger partial charge in [-0.1, -0.05) is 105 Å². The molecule has 0 amide bonds. The summed E-state index contributed by atoms with van der Waals surface area (Å²) in [5.74, 6) is 1.17. The van der Waals surface area contributed by atoms with Crippen LogP contribution in [0.5, 0.6) is 0 Å². The van der Waals surface area contributed by atoms with Gasteiger partial charge in [-0.2, -0.15) is 21.9 Å². The lowest BCUT2D eigenvalue weighted by atomic mass is 9.68. The van der Waals surface area contributed by atoms with E-state index in [-0.39, 0.29) is 49.1 Å². The number of hydrogen-bond acceptors (Lipinski definition) is 10. The van der Waals surface area contributed by atoms with Crippen molar-refractivity contribution in [2.45, 2.75) is 145 Å². The minimum absolute atomic E-state index is 0.0331. The first-order chi connectivity index (χ1) is 23.6. The van der Waals surface area contributed by atoms with Gasteiger partial charge in [-0.3, -0.25) is 19.4 Å². The fourth-order valence-electron chi connectivity index (χ4n) is 5.44. The number of esters is 2. The van der Waals surface area contributed by atoms with Gasteiger partial charge in [0.25, 0.3) is 0 Å². The number of ether oxygens (including phenoxy) is 2. The predicted molar refractivity (Wildman–Crippen MR) is 204 cm³/mol. The van der Waals surface area contributed by atoms with Gasteiger partial charge in [0.2, 0.25) is 0 Å². The van der Waals surface area contributed by atoms with E-state index in [1.807, 2.05) is 47.8 Å². The van der Waals surface area contributed by atoms with E-state index in [1.54, 1.807) is 18.7 Å². The maximum absolute atomic E-state index is 12.9. The highest BCUT2D eigenvalue weighted by Crippen LogP contribution is 2.42. The van der Waals surface area contributed by atoms with Crippen molar-refractivity contribution in [3.8, 4) is 6.07 Å². The van der Waals surface area contributed by atoms with Crippen LogP contribution in [0.3, 0.4) is 0 Å². The van der Waals surface area contributed by atoms with Crippen molar-refractivity contribution in [1.82, 2.24) is 0 Å². The van der Waals surface area contributed by atoms with Crippen molar-refractivity contribution in [2.24, 2.45) is 22.2 Å². The molecule has 290 valence electrons. The summed E-state index contributed by atoms with van der Waals surface area (Å²) in [4.78, 5) is 44.3. The third kappa shape index (κ3) is 25.3. The normalized spacial score (nSPS) is 13.4. The molecule has 10 heteroatoms. The first kappa shape index (κ1) is 49.5. The Morgan fingerprint density at radius 1 is 0.820 bits per heavy atom. The average molecular weight is 726 g/mol. The number of hydrogen-bond donors (Lipinski definition) is 0. The van der Waals surface area contributed by atoms with Crippen molar-refractivity contribution in [3.05, 3.63) is 37.5 Å². The van der Waals surface area contributed by atoms with Crippen molar-refractivity contribution in [3.63, 3.8) is 0 Å². The van der Waals surface area contributed by atoms with E-state index in [1.165, 1.54) is 57.8 Å². The topological polar surface area (TPSA) is 113 Å². The van der Waals surface area contributed by atoms with Crippen LogP contribution >= 0.6 is 11.8 Å². The van der Waals surface area contributed by atoms with E-state index in [9.17, 15) is 14.9 Å². The second-order valence-corrected chi connectivity index (χ2v) is 15.5. The Kier molecular flexibility index (Phi) is 28.7. The SMILES string of the molecule is C=COOC(=C)CC(C)(C#N)CC(C)(CC(C)C)C(=O)OCCOOC(=C)CSC.CCCCCCCCCCCCOC(=O)C(C)(C)CC. The van der Waals surface area contributed by atoms with Gasteiger partial charge in [-0.05, 0) is 65.6 Å². The molecule has 9 nitrogen and oxygen atoms in total. The van der Waals surface area contributed by atoms with Crippen molar-refractivity contribution >= 4 is 23.7 Å². The lowest BCUT2D eigenvalue weighted by molar-refractivity contribution is -0.265. The molecule has 0 aromatic carbocycles. The van der Waals surface area contributed by atoms with Gasteiger partial charge in [-0.15, -0.1) is 0 Å². The van der Waals surface area contributed by atoms with Crippen LogP contribution in [0, 0.1) is 33.5 Å². The molecule has 0 N–H and O–H groups in total. The molecule has 0 aromatic rings. The maximum Gasteiger partial charge on any atom is 0.311 e. The lowest BCUT2D eigenvalue weighted by Gasteiger charge is -2.35. The molecule has 50 heavy (non-hydrogen) atoms. The molecule has 0 saturated heterocycles. The highest BCUT2D eigenvalue weighted by molar-refractivity contribution is 7.98. The number of unbranched alkanes of at least 4 members (excludes halogenated alkanes) is 9. The highest BCUT2D eigenvalue weighted by atomic mass is 32.2. The molecule has 2 unspecified atom stereocenters. The molecule has 0 radical (unpaired) electrons. The molecule has 0 aromatic heterocycles. The zero-order valence-corrected chi connectivity index (χ0v) is 33.9. The van der Waals surface area contributed by atoms with E-state index in [4.69, 9.17) is 24.1 Å². The van der Waals surface area contributed by atoms with Gasteiger partial charge in [0.1, 0.15) is 31.0 Å². The Labute approximate surface area is 309 Å². The summed E-state index contributed by atoms with van der Waals surface area (Å²) in [5.41, 5.74) is -2.10. The molecule has 2 atom stereocenters. The van der Waals surface area contributed by atoms with Crippen LogP contribution in [0.1, 0.15) is 145 Å². The second-order valence-electron chi connectivity index (χ2n) is 14.6. The van der Waals surface area contributed by atoms with Crippen LogP contribution in [-0.4, -0.2) is 43.8 Å². The Morgan fingerprint density at radius 3 is 1.88 bits per heavy atom. The summed E-state index contributed by atoms with van der Waals surface area (Å²) in [6.45, 7) is 27.4. The molecule has 0 saturated carbocycles. The number of rotatable bonds is 30.